The molecule has 0 nitrogen and oxygen atoms in total. The molecule has 0 spiro atoms. The van der Waals surface area contributed by atoms with Crippen LogP contribution in [0.3, 0.4) is 0 Å². The smallest absolute Gasteiger partial charge is 0.0190 e. The van der Waals surface area contributed by atoms with Crippen LogP contribution in [-0.4, -0.2) is 0 Å². The second-order valence-corrected chi connectivity index (χ2v) is 11.0. The van der Waals surface area contributed by atoms with Crippen LogP contribution in [0.4, 0.5) is 0 Å². The molecule has 0 amide bonds. The summed E-state index contributed by atoms with van der Waals surface area (Å²) in [6.07, 6.45) is 16.5. The van der Waals surface area contributed by atoms with Gasteiger partial charge >= 0.3 is 0 Å². The number of hydrogen-bond acceptors (Lipinski definition) is 0. The second-order valence-electron chi connectivity index (χ2n) is 11.0. The van der Waals surface area contributed by atoms with Gasteiger partial charge in [0.05, 0.1) is 0 Å². The Kier molecular flexibility index (Phi) is 24.7. The van der Waals surface area contributed by atoms with E-state index in [0.29, 0.717) is 0 Å². The zero-order valence-electron chi connectivity index (χ0n) is 31.6. The SMILES string of the molecule is C=Cc1ccccc1.C=Cc1ccccc1.C=Cc1ccccc1.C=Cc1ccccc1C=C.C=Cc1ccccc1C=C.C=Cc1ccccc1C=C. The largest absolute Gasteiger partial charge is 0.0985 e. The Hall–Kier alpha value is -7.02. The molecular weight excluding hydrogens is 649 g/mol. The van der Waals surface area contributed by atoms with Gasteiger partial charge in [0.2, 0.25) is 0 Å². The first-order valence-corrected chi connectivity index (χ1v) is 17.5. The fourth-order valence-electron chi connectivity index (χ4n) is 4.42. The van der Waals surface area contributed by atoms with Crippen LogP contribution in [-0.2, 0) is 0 Å². The van der Waals surface area contributed by atoms with E-state index < -0.39 is 0 Å². The molecule has 6 aromatic carbocycles. The van der Waals surface area contributed by atoms with E-state index in [1.165, 1.54) is 16.7 Å². The van der Waals surface area contributed by atoms with Crippen LogP contribution in [0, 0.1) is 0 Å². The van der Waals surface area contributed by atoms with Crippen molar-refractivity contribution in [2.24, 2.45) is 0 Å². The molecule has 0 atom stereocenters. The maximum Gasteiger partial charge on any atom is -0.0190 e. The van der Waals surface area contributed by atoms with E-state index in [4.69, 9.17) is 0 Å². The van der Waals surface area contributed by atoms with Gasteiger partial charge in [0.15, 0.2) is 0 Å². The lowest BCUT2D eigenvalue weighted by atomic mass is 10.1. The summed E-state index contributed by atoms with van der Waals surface area (Å²) in [7, 11) is 0. The summed E-state index contributed by atoms with van der Waals surface area (Å²) in [5.74, 6) is 0. The van der Waals surface area contributed by atoms with Crippen molar-refractivity contribution < 1.29 is 0 Å². The van der Waals surface area contributed by atoms with Gasteiger partial charge in [0, 0.05) is 0 Å². The highest BCUT2D eigenvalue weighted by atomic mass is 14.0. The second kappa shape index (κ2) is 29.7. The Balaban J connectivity index is 0.000000325. The molecule has 0 aliphatic carbocycles. The third-order valence-corrected chi connectivity index (χ3v) is 7.41. The molecule has 0 aliphatic rings. The van der Waals surface area contributed by atoms with E-state index in [2.05, 4.69) is 59.2 Å². The van der Waals surface area contributed by atoms with Gasteiger partial charge in [0.1, 0.15) is 0 Å². The molecule has 0 unspecified atom stereocenters. The Morgan fingerprint density at radius 1 is 0.185 bits per heavy atom. The van der Waals surface area contributed by atoms with Crippen LogP contribution < -0.4 is 0 Å². The Bertz CT molecular complexity index is 1670. The van der Waals surface area contributed by atoms with Crippen molar-refractivity contribution in [3.8, 4) is 0 Å². The fraction of sp³-hybridized carbons (Fsp3) is 0. The van der Waals surface area contributed by atoms with Crippen molar-refractivity contribution in [2.75, 3.05) is 0 Å². The molecule has 0 N–H and O–H groups in total. The van der Waals surface area contributed by atoms with Crippen molar-refractivity contribution >= 4 is 54.7 Å². The van der Waals surface area contributed by atoms with E-state index in [9.17, 15) is 0 Å². The van der Waals surface area contributed by atoms with E-state index in [1.54, 1.807) is 0 Å². The maximum atomic E-state index is 3.69. The van der Waals surface area contributed by atoms with Gasteiger partial charge in [-0.05, 0) is 50.1 Å². The number of hydrogen-bond donors (Lipinski definition) is 0. The molecule has 0 heteroatoms. The topological polar surface area (TPSA) is 0 Å². The van der Waals surface area contributed by atoms with Crippen LogP contribution in [0.1, 0.15) is 50.1 Å². The zero-order valence-corrected chi connectivity index (χ0v) is 31.6. The molecule has 0 fully saturated rings. The van der Waals surface area contributed by atoms with Gasteiger partial charge in [-0.1, -0.05) is 278 Å². The first-order chi connectivity index (χ1) is 26.4. The van der Waals surface area contributed by atoms with E-state index in [-0.39, 0.29) is 0 Å². The summed E-state index contributed by atoms with van der Waals surface area (Å²) in [4.78, 5) is 0. The summed E-state index contributed by atoms with van der Waals surface area (Å²) >= 11 is 0. The molecule has 6 aromatic rings. The third kappa shape index (κ3) is 18.8. The average molecular weight is 703 g/mol. The van der Waals surface area contributed by atoms with Gasteiger partial charge < -0.3 is 0 Å². The van der Waals surface area contributed by atoms with Crippen molar-refractivity contribution in [2.45, 2.75) is 0 Å². The first-order valence-electron chi connectivity index (χ1n) is 17.5. The standard InChI is InChI=1S/3C10H10.3C8H8/c3*1-3-9-7-5-6-8-10(9)4-2;3*1-2-8-6-4-3-5-7-8/h3*3-8H,1-2H2;3*2-7H,1H2. The monoisotopic (exact) mass is 702 g/mol. The quantitative estimate of drug-likeness (QED) is 0.141. The fourth-order valence-corrected chi connectivity index (χ4v) is 4.42. The Labute approximate surface area is 326 Å². The van der Waals surface area contributed by atoms with Crippen molar-refractivity contribution in [1.82, 2.24) is 0 Å². The zero-order chi connectivity index (χ0) is 39.7. The lowest BCUT2D eigenvalue weighted by molar-refractivity contribution is 1.62. The maximum absolute atomic E-state index is 3.69. The van der Waals surface area contributed by atoms with Gasteiger partial charge in [-0.25, -0.2) is 0 Å². The van der Waals surface area contributed by atoms with Crippen LogP contribution in [0.5, 0.6) is 0 Å². The van der Waals surface area contributed by atoms with Crippen LogP contribution >= 0.6 is 0 Å². The Morgan fingerprint density at radius 3 is 0.444 bits per heavy atom. The summed E-state index contributed by atoms with van der Waals surface area (Å²) in [6, 6.07) is 54.1. The van der Waals surface area contributed by atoms with Crippen LogP contribution in [0.25, 0.3) is 54.7 Å². The van der Waals surface area contributed by atoms with Gasteiger partial charge in [-0.15, -0.1) is 0 Å². The number of rotatable bonds is 9. The summed E-state index contributed by atoms with van der Waals surface area (Å²) in [5, 5.41) is 0. The van der Waals surface area contributed by atoms with Gasteiger partial charge in [-0.2, -0.15) is 0 Å². The highest BCUT2D eigenvalue weighted by molar-refractivity contribution is 5.64. The molecule has 0 saturated heterocycles. The molecule has 0 radical (unpaired) electrons. The predicted octanol–water partition coefficient (Wildman–Crippen LogP) is 15.9. The highest BCUT2D eigenvalue weighted by Crippen LogP contribution is 2.12. The van der Waals surface area contributed by atoms with Crippen LogP contribution in [0.15, 0.2) is 223 Å². The molecule has 0 saturated carbocycles. The minimum Gasteiger partial charge on any atom is -0.0985 e. The molecule has 270 valence electrons. The molecule has 0 bridgehead atoms. The van der Waals surface area contributed by atoms with Crippen molar-refractivity contribution in [1.29, 1.82) is 0 Å². The normalized spacial score (nSPS) is 8.67. The van der Waals surface area contributed by atoms with Crippen molar-refractivity contribution in [3.63, 3.8) is 0 Å². The molecule has 54 heavy (non-hydrogen) atoms. The van der Waals surface area contributed by atoms with E-state index >= 15 is 0 Å². The summed E-state index contributed by atoms with van der Waals surface area (Å²) in [5.41, 5.74) is 10.3. The molecule has 6 rings (SSSR count). The summed E-state index contributed by atoms with van der Waals surface area (Å²) in [6.45, 7) is 33.0. The predicted molar refractivity (Wildman–Crippen MR) is 249 cm³/mol. The molecule has 0 aliphatic heterocycles. The molecule has 0 aromatic heterocycles. The molecule has 0 heterocycles. The minimum absolute atomic E-state index is 1.14. The van der Waals surface area contributed by atoms with E-state index in [1.807, 2.05) is 218 Å². The highest BCUT2D eigenvalue weighted by Gasteiger charge is 1.91. The van der Waals surface area contributed by atoms with Crippen LogP contribution in [0.2, 0.25) is 0 Å². The van der Waals surface area contributed by atoms with E-state index in [0.717, 1.165) is 33.4 Å². The lowest BCUT2D eigenvalue weighted by Crippen LogP contribution is -1.76. The number of benzene rings is 6. The first kappa shape index (κ1) is 45.0. The van der Waals surface area contributed by atoms with Gasteiger partial charge in [0.25, 0.3) is 0 Å². The third-order valence-electron chi connectivity index (χ3n) is 7.41. The molecular formula is C54H54. The minimum atomic E-state index is 1.14. The average Bonchev–Trinajstić information content (AvgIpc) is 3.28. The van der Waals surface area contributed by atoms with Gasteiger partial charge in [-0.3, -0.25) is 0 Å². The van der Waals surface area contributed by atoms with Crippen molar-refractivity contribution in [3.05, 3.63) is 273 Å². The summed E-state index contributed by atoms with van der Waals surface area (Å²) < 4.78 is 0. The Morgan fingerprint density at radius 2 is 0.333 bits per heavy atom. The lowest BCUT2D eigenvalue weighted by Gasteiger charge is -1.96.